The van der Waals surface area contributed by atoms with Crippen molar-refractivity contribution in [1.29, 1.82) is 0 Å². The van der Waals surface area contributed by atoms with Gasteiger partial charge in [-0.1, -0.05) is 54.6 Å². The highest BCUT2D eigenvalue weighted by atomic mass is 16.5. The highest BCUT2D eigenvalue weighted by Crippen LogP contribution is 2.19. The third-order valence-corrected chi connectivity index (χ3v) is 4.21. The van der Waals surface area contributed by atoms with E-state index in [1.807, 2.05) is 49.5 Å². The lowest BCUT2D eigenvalue weighted by atomic mass is 10.0. The molecule has 3 aromatic rings. The summed E-state index contributed by atoms with van der Waals surface area (Å²) in [5.74, 6) is 0.788. The van der Waals surface area contributed by atoms with Crippen molar-refractivity contribution in [2.75, 3.05) is 14.2 Å². The molecule has 4 nitrogen and oxygen atoms in total. The molecule has 0 bridgehead atoms. The number of methoxy groups -OCH3 is 1. The molecule has 25 heavy (non-hydrogen) atoms. The first-order valence-electron chi connectivity index (χ1n) is 8.26. The van der Waals surface area contributed by atoms with Gasteiger partial charge in [0.1, 0.15) is 5.75 Å². The standard InChI is InChI=1S/C21H22N2O2/c1-23(15-18-10-6-9-17-8-3-4-12-20(17)18)21(24)22-14-16-7-5-11-19(13-16)25-2/h3-13H,14-15H2,1-2H3,(H,22,24). The minimum absolute atomic E-state index is 0.101. The first-order chi connectivity index (χ1) is 12.2. The summed E-state index contributed by atoms with van der Waals surface area (Å²) in [6, 6.07) is 22.0. The maximum Gasteiger partial charge on any atom is 0.317 e. The average molecular weight is 334 g/mol. The number of nitrogens with one attached hydrogen (secondary N) is 1. The molecule has 0 saturated carbocycles. The molecule has 0 spiro atoms. The number of rotatable bonds is 5. The zero-order valence-corrected chi connectivity index (χ0v) is 14.5. The van der Waals surface area contributed by atoms with Crippen molar-refractivity contribution in [3.05, 3.63) is 77.9 Å². The van der Waals surface area contributed by atoms with Gasteiger partial charge in [0.05, 0.1) is 7.11 Å². The molecular weight excluding hydrogens is 312 g/mol. The van der Waals surface area contributed by atoms with Gasteiger partial charge >= 0.3 is 6.03 Å². The van der Waals surface area contributed by atoms with E-state index >= 15 is 0 Å². The van der Waals surface area contributed by atoms with E-state index in [-0.39, 0.29) is 6.03 Å². The molecule has 4 heteroatoms. The summed E-state index contributed by atoms with van der Waals surface area (Å²) < 4.78 is 5.21. The topological polar surface area (TPSA) is 41.6 Å². The molecule has 0 aliphatic heterocycles. The number of fused-ring (bicyclic) bond motifs is 1. The van der Waals surface area contributed by atoms with Gasteiger partial charge in [0, 0.05) is 20.1 Å². The van der Waals surface area contributed by atoms with E-state index in [9.17, 15) is 4.79 Å². The Morgan fingerprint density at radius 3 is 2.64 bits per heavy atom. The van der Waals surface area contributed by atoms with Gasteiger partial charge in [-0.3, -0.25) is 0 Å². The van der Waals surface area contributed by atoms with Crippen LogP contribution < -0.4 is 10.1 Å². The van der Waals surface area contributed by atoms with Crippen molar-refractivity contribution in [2.45, 2.75) is 13.1 Å². The Kier molecular flexibility index (Phi) is 5.19. The quantitative estimate of drug-likeness (QED) is 0.760. The second-order valence-corrected chi connectivity index (χ2v) is 6.00. The summed E-state index contributed by atoms with van der Waals surface area (Å²) in [5.41, 5.74) is 2.14. The largest absolute Gasteiger partial charge is 0.497 e. The smallest absolute Gasteiger partial charge is 0.317 e. The van der Waals surface area contributed by atoms with Crippen molar-refractivity contribution < 1.29 is 9.53 Å². The van der Waals surface area contributed by atoms with Crippen LogP contribution in [0.15, 0.2) is 66.7 Å². The van der Waals surface area contributed by atoms with Gasteiger partial charge in [-0.15, -0.1) is 0 Å². The molecule has 0 fully saturated rings. The van der Waals surface area contributed by atoms with Crippen molar-refractivity contribution in [3.63, 3.8) is 0 Å². The average Bonchev–Trinajstić information content (AvgIpc) is 2.66. The highest BCUT2D eigenvalue weighted by molar-refractivity contribution is 5.86. The lowest BCUT2D eigenvalue weighted by Crippen LogP contribution is -2.36. The number of ether oxygens (including phenoxy) is 1. The van der Waals surface area contributed by atoms with Crippen LogP contribution >= 0.6 is 0 Å². The summed E-state index contributed by atoms with van der Waals surface area (Å²) in [5, 5.41) is 5.31. The van der Waals surface area contributed by atoms with E-state index in [1.54, 1.807) is 12.0 Å². The zero-order chi connectivity index (χ0) is 17.6. The molecule has 0 aromatic heterocycles. The molecule has 3 rings (SSSR count). The van der Waals surface area contributed by atoms with Crippen LogP contribution in [0.2, 0.25) is 0 Å². The molecule has 2 amide bonds. The van der Waals surface area contributed by atoms with Crippen LogP contribution in [0.3, 0.4) is 0 Å². The fourth-order valence-corrected chi connectivity index (χ4v) is 2.85. The summed E-state index contributed by atoms with van der Waals surface area (Å²) >= 11 is 0. The van der Waals surface area contributed by atoms with Crippen LogP contribution in [0.4, 0.5) is 4.79 Å². The van der Waals surface area contributed by atoms with Crippen LogP contribution in [0.5, 0.6) is 5.75 Å². The second-order valence-electron chi connectivity index (χ2n) is 6.00. The molecule has 0 aliphatic rings. The van der Waals surface area contributed by atoms with Gasteiger partial charge in [0.25, 0.3) is 0 Å². The predicted molar refractivity (Wildman–Crippen MR) is 101 cm³/mol. The Morgan fingerprint density at radius 2 is 1.80 bits per heavy atom. The van der Waals surface area contributed by atoms with Gasteiger partial charge in [-0.2, -0.15) is 0 Å². The number of hydrogen-bond donors (Lipinski definition) is 1. The number of amides is 2. The fourth-order valence-electron chi connectivity index (χ4n) is 2.85. The van der Waals surface area contributed by atoms with Gasteiger partial charge in [-0.05, 0) is 34.0 Å². The Balaban J connectivity index is 1.64. The summed E-state index contributed by atoms with van der Waals surface area (Å²) in [4.78, 5) is 14.1. The molecule has 0 atom stereocenters. The number of hydrogen-bond acceptors (Lipinski definition) is 2. The zero-order valence-electron chi connectivity index (χ0n) is 14.5. The summed E-state index contributed by atoms with van der Waals surface area (Å²) in [7, 11) is 3.44. The normalized spacial score (nSPS) is 10.5. The van der Waals surface area contributed by atoms with Gasteiger partial charge in [-0.25, -0.2) is 4.79 Å². The van der Waals surface area contributed by atoms with E-state index in [4.69, 9.17) is 4.74 Å². The number of carbonyl (C=O) groups excluding carboxylic acids is 1. The van der Waals surface area contributed by atoms with E-state index in [1.165, 1.54) is 10.8 Å². The van der Waals surface area contributed by atoms with Crippen LogP contribution in [0.25, 0.3) is 10.8 Å². The molecule has 1 N–H and O–H groups in total. The van der Waals surface area contributed by atoms with Crippen LogP contribution in [0.1, 0.15) is 11.1 Å². The van der Waals surface area contributed by atoms with Gasteiger partial charge in [0.2, 0.25) is 0 Å². The number of nitrogens with zero attached hydrogens (tertiary/aromatic N) is 1. The SMILES string of the molecule is COc1cccc(CNC(=O)N(C)Cc2cccc3ccccc23)c1. The predicted octanol–water partition coefficient (Wildman–Crippen LogP) is 4.19. The summed E-state index contributed by atoms with van der Waals surface area (Å²) in [6.07, 6.45) is 0. The van der Waals surface area contributed by atoms with Crippen LogP contribution in [-0.4, -0.2) is 25.1 Å². The minimum atomic E-state index is -0.101. The van der Waals surface area contributed by atoms with Crippen LogP contribution in [0, 0.1) is 0 Å². The third kappa shape index (κ3) is 4.10. The molecule has 0 radical (unpaired) electrons. The minimum Gasteiger partial charge on any atom is -0.497 e. The van der Waals surface area contributed by atoms with Gasteiger partial charge < -0.3 is 15.0 Å². The summed E-state index contributed by atoms with van der Waals surface area (Å²) in [6.45, 7) is 1.03. The third-order valence-electron chi connectivity index (χ3n) is 4.21. The fraction of sp³-hybridized carbons (Fsp3) is 0.190. The highest BCUT2D eigenvalue weighted by Gasteiger charge is 2.10. The number of urea groups is 1. The number of benzene rings is 3. The lowest BCUT2D eigenvalue weighted by molar-refractivity contribution is 0.206. The second kappa shape index (κ2) is 7.71. The van der Waals surface area contributed by atoms with E-state index < -0.39 is 0 Å². The van der Waals surface area contributed by atoms with Crippen molar-refractivity contribution >= 4 is 16.8 Å². The molecule has 0 unspecified atom stereocenters. The van der Waals surface area contributed by atoms with Crippen LogP contribution in [-0.2, 0) is 13.1 Å². The molecule has 0 heterocycles. The van der Waals surface area contributed by atoms with E-state index in [0.717, 1.165) is 16.9 Å². The maximum absolute atomic E-state index is 12.4. The Morgan fingerprint density at radius 1 is 1.04 bits per heavy atom. The Hall–Kier alpha value is -3.01. The van der Waals surface area contributed by atoms with Crippen molar-refractivity contribution in [2.24, 2.45) is 0 Å². The monoisotopic (exact) mass is 334 g/mol. The first-order valence-corrected chi connectivity index (χ1v) is 8.26. The van der Waals surface area contributed by atoms with Crippen molar-refractivity contribution in [1.82, 2.24) is 10.2 Å². The van der Waals surface area contributed by atoms with Crippen molar-refractivity contribution in [3.8, 4) is 5.75 Å². The molecule has 128 valence electrons. The molecular formula is C21H22N2O2. The Bertz CT molecular complexity index is 871. The van der Waals surface area contributed by atoms with E-state index in [0.29, 0.717) is 13.1 Å². The molecule has 0 saturated heterocycles. The molecule has 3 aromatic carbocycles. The van der Waals surface area contributed by atoms with Gasteiger partial charge in [0.15, 0.2) is 0 Å². The Labute approximate surface area is 148 Å². The lowest BCUT2D eigenvalue weighted by Gasteiger charge is -2.19. The molecule has 0 aliphatic carbocycles. The maximum atomic E-state index is 12.4. The first kappa shape index (κ1) is 16.8. The van der Waals surface area contributed by atoms with E-state index in [2.05, 4.69) is 29.6 Å². The number of carbonyl (C=O) groups is 1.